The number of sulfone groups is 1. The number of imidazole rings is 1. The fourth-order valence-corrected chi connectivity index (χ4v) is 18.4. The summed E-state index contributed by atoms with van der Waals surface area (Å²) >= 11 is 1.26. The molecule has 0 amide bonds. The molecule has 2 unspecified atom stereocenters. The highest BCUT2D eigenvalue weighted by atomic mass is 32.2. The van der Waals surface area contributed by atoms with Crippen molar-refractivity contribution in [2.75, 3.05) is 111 Å². The molecule has 2 fully saturated rings. The number of terminal acetylenes is 1. The van der Waals surface area contributed by atoms with Crippen molar-refractivity contribution in [3.05, 3.63) is 230 Å². The number of thiazole rings is 1. The predicted octanol–water partition coefficient (Wildman–Crippen LogP) is 9.80. The number of nitrogens with zero attached hydrogens (tertiary/aromatic N) is 16. The Bertz CT molecular complexity index is 6440. The number of hydrogen-bond donors (Lipinski definition) is 7. The summed E-state index contributed by atoms with van der Waals surface area (Å²) in [7, 11) is -5.42. The van der Waals surface area contributed by atoms with Crippen LogP contribution in [0.2, 0.25) is 0 Å². The van der Waals surface area contributed by atoms with Crippen LogP contribution in [0, 0.1) is 18.3 Å². The van der Waals surface area contributed by atoms with E-state index in [1.54, 1.807) is 61.3 Å². The van der Waals surface area contributed by atoms with Crippen LogP contribution in [-0.2, 0) is 50.3 Å². The van der Waals surface area contributed by atoms with E-state index in [0.717, 1.165) is 123 Å². The normalized spacial score (nSPS) is 14.6. The number of fused-ring (bicyclic) bond motifs is 3. The fraction of sp³-hybridized carbons (Fsp3) is 0.321. The number of nitrogens with one attached hydrogen (secondary N) is 7. The predicted molar refractivity (Wildman–Crippen MR) is 471 cm³/mol. The summed E-state index contributed by atoms with van der Waals surface area (Å²) in [5.41, 5.74) is 9.58. The number of pyridine rings is 3. The van der Waals surface area contributed by atoms with Gasteiger partial charge in [0.25, 0.3) is 16.7 Å². The third-order valence-electron chi connectivity index (χ3n) is 20.9. The topological polar surface area (TPSA) is 402 Å². The van der Waals surface area contributed by atoms with Gasteiger partial charge in [0.1, 0.15) is 39.8 Å². The van der Waals surface area contributed by atoms with E-state index in [1.165, 1.54) is 55.1 Å². The van der Waals surface area contributed by atoms with Crippen LogP contribution in [0.25, 0.3) is 44.2 Å². The Morgan fingerprint density at radius 3 is 1.88 bits per heavy atom. The van der Waals surface area contributed by atoms with E-state index in [1.807, 2.05) is 94.4 Å². The molecule has 7 N–H and O–H groups in total. The number of allylic oxidation sites excluding steroid dienone is 1. The van der Waals surface area contributed by atoms with Gasteiger partial charge in [-0.1, -0.05) is 58.4 Å². The van der Waals surface area contributed by atoms with E-state index >= 15 is 0 Å². The van der Waals surface area contributed by atoms with Gasteiger partial charge >= 0.3 is 0 Å². The van der Waals surface area contributed by atoms with Crippen molar-refractivity contribution < 1.29 is 29.9 Å². The lowest BCUT2D eigenvalue weighted by Crippen LogP contribution is -2.43. The van der Waals surface area contributed by atoms with Crippen molar-refractivity contribution in [2.24, 2.45) is 5.92 Å². The Morgan fingerprint density at radius 1 is 0.702 bits per heavy atom. The molecule has 13 aromatic rings. The Balaban J connectivity index is 0.000000149. The fourth-order valence-electron chi connectivity index (χ4n) is 14.3. The molecule has 2 saturated heterocycles. The second-order valence-electron chi connectivity index (χ2n) is 29.8. The first-order chi connectivity index (χ1) is 58.4. The molecule has 0 bridgehead atoms. The van der Waals surface area contributed by atoms with Gasteiger partial charge in [0, 0.05) is 144 Å². The van der Waals surface area contributed by atoms with Gasteiger partial charge in [-0.3, -0.25) is 28.1 Å². The summed E-state index contributed by atoms with van der Waals surface area (Å²) in [6.45, 7) is 20.0. The van der Waals surface area contributed by atoms with Crippen molar-refractivity contribution in [3.63, 3.8) is 0 Å². The number of rotatable bonds is 28. The van der Waals surface area contributed by atoms with Crippen LogP contribution in [0.4, 0.5) is 46.3 Å². The minimum absolute atomic E-state index is 0.0309. The van der Waals surface area contributed by atoms with Crippen LogP contribution in [0.15, 0.2) is 197 Å². The van der Waals surface area contributed by atoms with Gasteiger partial charge < -0.3 is 55.9 Å². The molecule has 33 nitrogen and oxygen atoms in total. The summed E-state index contributed by atoms with van der Waals surface area (Å²) in [5, 5.41) is 26.8. The lowest BCUT2D eigenvalue weighted by molar-refractivity contribution is 0.431. The molecule has 13 heterocycles. The average Bonchev–Trinajstić information content (AvgIpc) is 1.75. The summed E-state index contributed by atoms with van der Waals surface area (Å²) in [6.07, 6.45) is 24.0. The molecular formula is C84H93N23O10S4. The Kier molecular flexibility index (Phi) is 26.7. The maximum absolute atomic E-state index is 13.9. The Morgan fingerprint density at radius 2 is 1.31 bits per heavy atom. The third kappa shape index (κ3) is 20.1. The van der Waals surface area contributed by atoms with Gasteiger partial charge in [0.05, 0.1) is 42.8 Å². The highest BCUT2D eigenvalue weighted by molar-refractivity contribution is 7.90. The van der Waals surface area contributed by atoms with Gasteiger partial charge in [0.15, 0.2) is 27.9 Å². The van der Waals surface area contributed by atoms with E-state index < -0.39 is 36.2 Å². The minimum atomic E-state index is -3.70. The summed E-state index contributed by atoms with van der Waals surface area (Å²) in [6, 6.07) is 29.6. The van der Waals surface area contributed by atoms with Crippen molar-refractivity contribution in [3.8, 4) is 12.3 Å². The van der Waals surface area contributed by atoms with E-state index in [4.69, 9.17) is 20.2 Å². The van der Waals surface area contributed by atoms with Crippen LogP contribution in [0.3, 0.4) is 0 Å². The first-order valence-corrected chi connectivity index (χ1v) is 45.0. The number of aromatic nitrogens is 14. The molecule has 3 aliphatic rings. The number of anilines is 8. The monoisotopic (exact) mass is 1710 g/mol. The molecule has 0 saturated carbocycles. The maximum Gasteiger partial charge on any atom is 0.268 e. The molecule has 16 rings (SSSR count). The standard InChI is InChI=1S/C29H30N8O3S2.C28H30N8O3S.C27H33N7O4S/c1-18(2)19(3)23-14-20-15-32-28(34-21-4-6-22(7-5-21)36-11-8-30-9-12-36)35-25(20)37(27(23)38)16-24-26(33-17-40-24)42(39)29-31-10-13-41-29;1-4-20-15-23-16-31-28(32-24-7-5-21(6-8-24)22-9-11-29-12-10-22)33-26(23)35(27(20)37)18-25-17-30-19-36(25)40(38,39)14-13-34(2)3;1-4-17(5-2)22-12-18-13-29-27(32-20-8-6-19(7-9-20)31-21-10-11-28-14-21)33-24(18)34(25(22)35)15-23-26(38-16-30-23)39(3,36)37/h4-7,10,13-15,17-18,30H,3,8-9,11-12,16H2,1-2H3,(H,32,34,35);1,5-9,15-17,19,29H,10-14,18H2,2-3H3,(H,31,32,33);6-9,12-13,16-17,21,28,31H,4-5,10-11,14-15H2,1-3H3,(H,29,32,33). The van der Waals surface area contributed by atoms with Gasteiger partial charge in [-0.15, -0.1) is 17.8 Å². The van der Waals surface area contributed by atoms with Crippen molar-refractivity contribution in [1.82, 2.24) is 88.4 Å². The summed E-state index contributed by atoms with van der Waals surface area (Å²) in [5.74, 6) is 3.63. The SMILES string of the molecule is C#Cc1cc2cnc(Nc3ccc(C4=CCNCC4)cc3)nc2n(Cc2cncn2S(=O)(=O)CCN(C)C)c1=O.C=C(c1cc2cnc(Nc3ccc(N4CCNCC4)cc3)nc2n(Cc2ocnc2S(=O)c2nccs2)c1=O)C(C)C.CCC(CC)c1cc2cnc(Nc3ccc(NC4CCNC4)cc3)nc2n(Cc2ncoc2S(C)(=O)=O)c1=O. The highest BCUT2D eigenvalue weighted by Crippen LogP contribution is 2.31. The average molecular weight is 1710 g/mol. The molecule has 0 aliphatic carbocycles. The number of hydrogen-bond acceptors (Lipinski definition) is 30. The number of piperazine rings is 1. The van der Waals surface area contributed by atoms with Gasteiger partial charge in [-0.2, -0.15) is 15.0 Å². The summed E-state index contributed by atoms with van der Waals surface area (Å²) < 4.78 is 80.3. The van der Waals surface area contributed by atoms with E-state index in [9.17, 15) is 35.4 Å². The Labute approximate surface area is 704 Å². The zero-order valence-electron chi connectivity index (χ0n) is 67.8. The Hall–Kier alpha value is -12.3. The molecule has 37 heteroatoms. The van der Waals surface area contributed by atoms with Crippen molar-refractivity contribution in [2.45, 2.75) is 99.4 Å². The molecule has 10 aromatic heterocycles. The molecule has 2 atom stereocenters. The molecule has 0 radical (unpaired) electrons. The zero-order chi connectivity index (χ0) is 85.1. The zero-order valence-corrected chi connectivity index (χ0v) is 71.1. The largest absolute Gasteiger partial charge is 0.445 e. The highest BCUT2D eigenvalue weighted by Gasteiger charge is 2.28. The van der Waals surface area contributed by atoms with Crippen molar-refractivity contribution in [1.29, 1.82) is 0 Å². The molecule has 0 spiro atoms. The molecule has 3 aromatic carbocycles. The van der Waals surface area contributed by atoms with E-state index in [2.05, 4.69) is 118 Å². The smallest absolute Gasteiger partial charge is 0.268 e. The maximum atomic E-state index is 13.9. The number of oxazole rings is 2. The van der Waals surface area contributed by atoms with Crippen molar-refractivity contribution >= 4 is 133 Å². The third-order valence-corrected chi connectivity index (χ3v) is 25.9. The van der Waals surface area contributed by atoms with Gasteiger partial charge in [-0.05, 0) is 160 Å². The van der Waals surface area contributed by atoms with Gasteiger partial charge in [-0.25, -0.2) is 59.9 Å². The van der Waals surface area contributed by atoms with Crippen LogP contribution < -0.4 is 58.8 Å². The quantitative estimate of drug-likeness (QED) is 0.0224. The van der Waals surface area contributed by atoms with Crippen LogP contribution in [0.1, 0.15) is 98.7 Å². The van der Waals surface area contributed by atoms with E-state index in [0.29, 0.717) is 84.3 Å². The number of benzene rings is 3. The lowest BCUT2D eigenvalue weighted by atomic mass is 9.94. The lowest BCUT2D eigenvalue weighted by Gasteiger charge is -2.29. The minimum Gasteiger partial charge on any atom is -0.445 e. The summed E-state index contributed by atoms with van der Waals surface area (Å²) in [4.78, 5) is 89.0. The molecule has 121 heavy (non-hydrogen) atoms. The second kappa shape index (κ2) is 38.0. The van der Waals surface area contributed by atoms with Gasteiger partial charge in [0.2, 0.25) is 42.8 Å². The van der Waals surface area contributed by atoms with Crippen LogP contribution in [-0.4, -0.2) is 185 Å². The van der Waals surface area contributed by atoms with Crippen LogP contribution in [0.5, 0.6) is 0 Å². The van der Waals surface area contributed by atoms with Crippen LogP contribution >= 0.6 is 11.3 Å². The second-order valence-corrected chi connectivity index (χ2v) is 36.1. The first-order valence-electron chi connectivity index (χ1n) is 39.5. The molecular weight excluding hydrogens is 1620 g/mol. The van der Waals surface area contributed by atoms with E-state index in [-0.39, 0.29) is 81.4 Å². The first kappa shape index (κ1) is 85.1. The molecule has 3 aliphatic heterocycles. The molecule has 628 valence electrons.